The fourth-order valence-electron chi connectivity index (χ4n) is 0.309. The summed E-state index contributed by atoms with van der Waals surface area (Å²) in [5, 5.41) is 0. The topological polar surface area (TPSA) is 12.0 Å². The van der Waals surface area contributed by atoms with Crippen molar-refractivity contribution >= 4 is 22.3 Å². The fraction of sp³-hybridized carbons (Fsp3) is 0. The van der Waals surface area contributed by atoms with Crippen molar-refractivity contribution < 1.29 is 0 Å². The molecule has 1 aliphatic rings. The Morgan fingerprint density at radius 3 is 3.43 bits per heavy atom. The molecule has 0 unspecified atom stereocenters. The molecule has 1 aliphatic heterocycles. The van der Waals surface area contributed by atoms with Crippen LogP contribution in [-0.4, -0.2) is 22.3 Å². The molecule has 0 spiro atoms. The molecule has 3 heteroatoms. The van der Waals surface area contributed by atoms with E-state index in [1.165, 1.54) is 0 Å². The van der Waals surface area contributed by atoms with E-state index in [0.717, 1.165) is 7.52 Å². The summed E-state index contributed by atoms with van der Waals surface area (Å²) in [6, 6.07) is 0. The van der Waals surface area contributed by atoms with Crippen LogP contribution in [0.25, 0.3) is 0 Å². The standard InChI is InChI=1S/C4H5AsNSi/c1-2-4-7-5-6-3-1/h1-4,6H. The van der Waals surface area contributed by atoms with Gasteiger partial charge in [0.2, 0.25) is 0 Å². The first kappa shape index (κ1) is 5.20. The van der Waals surface area contributed by atoms with Gasteiger partial charge in [0, 0.05) is 0 Å². The predicted octanol–water partition coefficient (Wildman–Crippen LogP) is -0.145. The zero-order valence-corrected chi connectivity index (χ0v) is 6.63. The molecule has 35 valence electrons. The first-order valence-corrected chi connectivity index (χ1v) is 6.80. The second-order valence-corrected chi connectivity index (χ2v) is 5.48. The number of rotatable bonds is 0. The van der Waals surface area contributed by atoms with Gasteiger partial charge in [-0.1, -0.05) is 0 Å². The summed E-state index contributed by atoms with van der Waals surface area (Å²) >= 11 is 0.411. The zero-order chi connectivity index (χ0) is 4.95. The monoisotopic (exact) mass is 170 g/mol. The molecule has 0 atom stereocenters. The molecule has 0 aromatic rings. The van der Waals surface area contributed by atoms with Gasteiger partial charge in [-0.3, -0.25) is 0 Å². The summed E-state index contributed by atoms with van der Waals surface area (Å²) in [5.74, 6) is 0. The number of hydrogen-bond donors (Lipinski definition) is 1. The van der Waals surface area contributed by atoms with Crippen LogP contribution < -0.4 is 4.23 Å². The predicted molar refractivity (Wildman–Crippen MR) is 32.9 cm³/mol. The van der Waals surface area contributed by atoms with Gasteiger partial charge in [0.05, 0.1) is 0 Å². The van der Waals surface area contributed by atoms with E-state index in [0.29, 0.717) is 14.8 Å². The summed E-state index contributed by atoms with van der Waals surface area (Å²) in [6.45, 7) is 0. The Balaban J connectivity index is 2.60. The third kappa shape index (κ3) is 2.00. The van der Waals surface area contributed by atoms with Crippen molar-refractivity contribution in [2.24, 2.45) is 0 Å². The third-order valence-corrected chi connectivity index (χ3v) is 4.06. The Morgan fingerprint density at radius 2 is 2.43 bits per heavy atom. The summed E-state index contributed by atoms with van der Waals surface area (Å²) in [4.78, 5) is 0. The molecule has 1 heterocycles. The van der Waals surface area contributed by atoms with Crippen LogP contribution in [0.1, 0.15) is 0 Å². The first-order valence-electron chi connectivity index (χ1n) is 2.02. The van der Waals surface area contributed by atoms with Gasteiger partial charge in [-0.15, -0.1) is 0 Å². The molecular weight excluding hydrogens is 165 g/mol. The molecule has 1 radical (unpaired) electrons. The van der Waals surface area contributed by atoms with E-state index < -0.39 is 0 Å². The van der Waals surface area contributed by atoms with E-state index in [1.807, 2.05) is 12.3 Å². The molecule has 0 fully saturated rings. The van der Waals surface area contributed by atoms with E-state index >= 15 is 0 Å². The summed E-state index contributed by atoms with van der Waals surface area (Å²) in [5.41, 5.74) is 2.22. The molecule has 1 rings (SSSR count). The molecule has 0 aliphatic carbocycles. The summed E-state index contributed by atoms with van der Waals surface area (Å²) < 4.78 is 3.21. The Hall–Kier alpha value is 0.0553. The molecule has 0 amide bonds. The van der Waals surface area contributed by atoms with Gasteiger partial charge in [-0.2, -0.15) is 0 Å². The Bertz CT molecular complexity index is 114. The molecule has 1 N–H and O–H groups in total. The van der Waals surface area contributed by atoms with Crippen molar-refractivity contribution in [1.82, 2.24) is 4.23 Å². The van der Waals surface area contributed by atoms with Gasteiger partial charge < -0.3 is 0 Å². The van der Waals surface area contributed by atoms with Gasteiger partial charge >= 0.3 is 50.6 Å². The Kier molecular flexibility index (Phi) is 2.31. The minimum absolute atomic E-state index is 0.411. The average molecular weight is 170 g/mol. The van der Waals surface area contributed by atoms with Crippen molar-refractivity contribution in [2.75, 3.05) is 0 Å². The fourth-order valence-corrected chi connectivity index (χ4v) is 2.86. The van der Waals surface area contributed by atoms with E-state index in [-0.39, 0.29) is 0 Å². The first-order chi connectivity index (χ1) is 3.50. The van der Waals surface area contributed by atoms with Crippen molar-refractivity contribution in [1.29, 1.82) is 0 Å². The Morgan fingerprint density at radius 1 is 1.43 bits per heavy atom. The second kappa shape index (κ2) is 3.11. The van der Waals surface area contributed by atoms with Crippen molar-refractivity contribution in [3.8, 4) is 0 Å². The Labute approximate surface area is 51.1 Å². The zero-order valence-electron chi connectivity index (χ0n) is 3.76. The van der Waals surface area contributed by atoms with Crippen molar-refractivity contribution in [2.45, 2.75) is 0 Å². The summed E-state index contributed by atoms with van der Waals surface area (Å²) in [7, 11) is 1.03. The van der Waals surface area contributed by atoms with Crippen LogP contribution >= 0.6 is 0 Å². The maximum absolute atomic E-state index is 3.21. The third-order valence-electron chi connectivity index (χ3n) is 0.582. The van der Waals surface area contributed by atoms with Gasteiger partial charge in [-0.25, -0.2) is 0 Å². The van der Waals surface area contributed by atoms with Crippen molar-refractivity contribution in [3.63, 3.8) is 0 Å². The van der Waals surface area contributed by atoms with E-state index in [1.54, 1.807) is 0 Å². The minimum atomic E-state index is 0.411. The van der Waals surface area contributed by atoms with Crippen LogP contribution in [0.3, 0.4) is 0 Å². The van der Waals surface area contributed by atoms with Crippen LogP contribution in [0.4, 0.5) is 0 Å². The van der Waals surface area contributed by atoms with Crippen LogP contribution in [-0.2, 0) is 0 Å². The van der Waals surface area contributed by atoms with E-state index in [9.17, 15) is 0 Å². The molecule has 0 saturated carbocycles. The molecular formula is C4H5AsNSi. The van der Waals surface area contributed by atoms with Gasteiger partial charge in [0.15, 0.2) is 0 Å². The summed E-state index contributed by atoms with van der Waals surface area (Å²) in [6.07, 6.45) is 6.14. The quantitative estimate of drug-likeness (QED) is 0.499. The van der Waals surface area contributed by atoms with Crippen molar-refractivity contribution in [3.05, 3.63) is 24.1 Å². The van der Waals surface area contributed by atoms with Crippen LogP contribution in [0.5, 0.6) is 0 Å². The number of hydrogen-bond acceptors (Lipinski definition) is 1. The van der Waals surface area contributed by atoms with Gasteiger partial charge in [0.1, 0.15) is 0 Å². The molecule has 0 saturated heterocycles. The SMILES string of the molecule is C1=CN[As]=[Si]C=C1. The molecule has 1 nitrogen and oxygen atoms in total. The van der Waals surface area contributed by atoms with Crippen LogP contribution in [0.15, 0.2) is 24.1 Å². The maximum atomic E-state index is 3.21. The average Bonchev–Trinajstić information content (AvgIpc) is 1.90. The normalized spacial score (nSPS) is 18.3. The second-order valence-electron chi connectivity index (χ2n) is 1.09. The molecule has 0 aromatic heterocycles. The molecule has 7 heavy (non-hydrogen) atoms. The van der Waals surface area contributed by atoms with Crippen LogP contribution in [0, 0.1) is 0 Å². The van der Waals surface area contributed by atoms with E-state index in [2.05, 4.69) is 16.0 Å². The molecule has 0 bridgehead atoms. The number of allylic oxidation sites excluding steroid dienone is 2. The van der Waals surface area contributed by atoms with Gasteiger partial charge in [0.25, 0.3) is 0 Å². The van der Waals surface area contributed by atoms with E-state index in [4.69, 9.17) is 0 Å². The van der Waals surface area contributed by atoms with Crippen LogP contribution in [0.2, 0.25) is 0 Å². The number of nitrogens with one attached hydrogen (secondary N) is 1. The van der Waals surface area contributed by atoms with Gasteiger partial charge in [-0.05, 0) is 0 Å². The molecule has 0 aromatic carbocycles.